The number of ether oxygens (including phenoxy) is 1. The van der Waals surface area contributed by atoms with Crippen LogP contribution in [0.4, 0.5) is 0 Å². The molecule has 1 aromatic heterocycles. The highest BCUT2D eigenvalue weighted by atomic mass is 32.2. The molecule has 6 heteroatoms. The molecule has 2 rings (SSSR count). The number of nitrogens with one attached hydrogen (secondary N) is 2. The van der Waals surface area contributed by atoms with E-state index in [1.807, 2.05) is 0 Å². The van der Waals surface area contributed by atoms with Crippen LogP contribution in [-0.2, 0) is 4.74 Å². The van der Waals surface area contributed by atoms with E-state index in [2.05, 4.69) is 9.72 Å². The van der Waals surface area contributed by atoms with Gasteiger partial charge in [0, 0.05) is 17.1 Å². The van der Waals surface area contributed by atoms with Crippen LogP contribution in [0.5, 0.6) is 0 Å². The molecule has 2 aromatic rings. The smallest absolute Gasteiger partial charge is 0.337 e. The first kappa shape index (κ1) is 13.4. The van der Waals surface area contributed by atoms with E-state index >= 15 is 0 Å². The van der Waals surface area contributed by atoms with Crippen LogP contribution in [0.3, 0.4) is 0 Å². The fourth-order valence-electron chi connectivity index (χ4n) is 1.77. The molecule has 0 amide bonds. The zero-order chi connectivity index (χ0) is 14.0. The van der Waals surface area contributed by atoms with E-state index in [0.29, 0.717) is 22.0 Å². The van der Waals surface area contributed by atoms with Gasteiger partial charge < -0.3 is 9.72 Å². The second-order valence-corrected chi connectivity index (χ2v) is 4.63. The van der Waals surface area contributed by atoms with Crippen molar-refractivity contribution in [2.24, 2.45) is 0 Å². The van der Waals surface area contributed by atoms with Crippen LogP contribution in [0.1, 0.15) is 20.7 Å². The molecule has 0 saturated carbocycles. The van der Waals surface area contributed by atoms with E-state index in [0.717, 1.165) is 11.8 Å². The van der Waals surface area contributed by atoms with E-state index in [1.54, 1.807) is 30.7 Å². The summed E-state index contributed by atoms with van der Waals surface area (Å²) in [7, 11) is 1.32. The van der Waals surface area contributed by atoms with Crippen LogP contribution in [0.15, 0.2) is 24.4 Å². The van der Waals surface area contributed by atoms with Gasteiger partial charge >= 0.3 is 5.97 Å². The number of esters is 1. The van der Waals surface area contributed by atoms with E-state index in [-0.39, 0.29) is 10.8 Å². The lowest BCUT2D eigenvalue weighted by Crippen LogP contribution is -2.08. The highest BCUT2D eigenvalue weighted by Crippen LogP contribution is 2.22. The molecule has 0 bridgehead atoms. The Morgan fingerprint density at radius 3 is 2.74 bits per heavy atom. The molecule has 0 fully saturated rings. The Morgan fingerprint density at radius 1 is 1.37 bits per heavy atom. The first-order chi connectivity index (χ1) is 9.08. The van der Waals surface area contributed by atoms with Crippen LogP contribution in [-0.4, -0.2) is 35.1 Å². The van der Waals surface area contributed by atoms with Gasteiger partial charge in [0.05, 0.1) is 18.2 Å². The van der Waals surface area contributed by atoms with Gasteiger partial charge in [0.2, 0.25) is 5.78 Å². The fourth-order valence-corrected chi connectivity index (χ4v) is 2.07. The fraction of sp³-hybridized carbons (Fsp3) is 0.154. The normalized spacial score (nSPS) is 10.4. The van der Waals surface area contributed by atoms with Gasteiger partial charge in [0.25, 0.3) is 0 Å². The molecular weight excluding hydrogens is 264 g/mol. The Morgan fingerprint density at radius 2 is 2.11 bits per heavy atom. The predicted molar refractivity (Wildman–Crippen MR) is 75.2 cm³/mol. The van der Waals surface area contributed by atoms with E-state index in [9.17, 15) is 9.59 Å². The first-order valence-electron chi connectivity index (χ1n) is 5.45. The summed E-state index contributed by atoms with van der Waals surface area (Å²) in [6, 6.07) is 4.90. The van der Waals surface area contributed by atoms with Crippen LogP contribution < -0.4 is 0 Å². The molecule has 98 valence electrons. The molecule has 0 spiro atoms. The Kier molecular flexibility index (Phi) is 3.71. The summed E-state index contributed by atoms with van der Waals surface area (Å²) in [5.74, 6) is -0.759. The minimum absolute atomic E-state index is 0.0158. The zero-order valence-electron chi connectivity index (χ0n) is 10.4. The van der Waals surface area contributed by atoms with Crippen molar-refractivity contribution >= 4 is 39.5 Å². The second kappa shape index (κ2) is 5.27. The highest BCUT2D eigenvalue weighted by Gasteiger charge is 2.17. The van der Waals surface area contributed by atoms with Crippen molar-refractivity contribution < 1.29 is 14.3 Å². The number of rotatable bonds is 3. The van der Waals surface area contributed by atoms with Gasteiger partial charge in [0.1, 0.15) is 5.04 Å². The number of ketones is 1. The summed E-state index contributed by atoms with van der Waals surface area (Å²) in [4.78, 5) is 26.3. The largest absolute Gasteiger partial charge is 0.465 e. The molecule has 19 heavy (non-hydrogen) atoms. The SMILES string of the molecule is COC(=O)c1ccc2c(C(=O)C(=N)SC)c[nH]c2c1. The molecule has 0 aliphatic heterocycles. The standard InChI is InChI=1S/C13H12N2O3S/c1-18-13(17)7-3-4-8-9(6-15-10(8)5-7)11(16)12(14)19-2/h3-6,14-15H,1-2H3. The number of fused-ring (bicyclic) bond motifs is 1. The summed E-state index contributed by atoms with van der Waals surface area (Å²) >= 11 is 1.10. The third-order valence-corrected chi connectivity index (χ3v) is 3.35. The lowest BCUT2D eigenvalue weighted by atomic mass is 10.1. The number of carbonyl (C=O) groups excluding carboxylic acids is 2. The molecule has 5 nitrogen and oxygen atoms in total. The van der Waals surface area contributed by atoms with Crippen molar-refractivity contribution in [2.45, 2.75) is 0 Å². The Labute approximate surface area is 113 Å². The Hall–Kier alpha value is -2.08. The summed E-state index contributed by atoms with van der Waals surface area (Å²) in [6.07, 6.45) is 3.24. The number of hydrogen-bond acceptors (Lipinski definition) is 5. The molecule has 1 aromatic carbocycles. The maximum atomic E-state index is 12.0. The molecule has 0 aliphatic carbocycles. The third-order valence-electron chi connectivity index (χ3n) is 2.76. The lowest BCUT2D eigenvalue weighted by molar-refractivity contribution is 0.0601. The van der Waals surface area contributed by atoms with Gasteiger partial charge in [-0.15, -0.1) is 11.8 Å². The van der Waals surface area contributed by atoms with Crippen molar-refractivity contribution in [2.75, 3.05) is 13.4 Å². The van der Waals surface area contributed by atoms with Crippen molar-refractivity contribution in [1.82, 2.24) is 4.98 Å². The van der Waals surface area contributed by atoms with Gasteiger partial charge in [-0.05, 0) is 18.4 Å². The van der Waals surface area contributed by atoms with Gasteiger partial charge in [-0.3, -0.25) is 10.2 Å². The monoisotopic (exact) mass is 276 g/mol. The lowest BCUT2D eigenvalue weighted by Gasteiger charge is -2.00. The van der Waals surface area contributed by atoms with Crippen LogP contribution in [0.25, 0.3) is 10.9 Å². The van der Waals surface area contributed by atoms with Crippen LogP contribution in [0, 0.1) is 5.41 Å². The minimum Gasteiger partial charge on any atom is -0.465 e. The number of H-pyrrole nitrogens is 1. The van der Waals surface area contributed by atoms with Gasteiger partial charge in [0.15, 0.2) is 0 Å². The van der Waals surface area contributed by atoms with E-state index in [4.69, 9.17) is 5.41 Å². The number of thioether (sulfide) groups is 1. The molecule has 0 unspecified atom stereocenters. The number of methoxy groups -OCH3 is 1. The first-order valence-corrected chi connectivity index (χ1v) is 6.67. The number of hydrogen-bond donors (Lipinski definition) is 2. The van der Waals surface area contributed by atoms with Crippen molar-refractivity contribution in [3.63, 3.8) is 0 Å². The number of carbonyl (C=O) groups is 2. The second-order valence-electron chi connectivity index (χ2n) is 3.82. The van der Waals surface area contributed by atoms with Gasteiger partial charge in [-0.1, -0.05) is 6.07 Å². The molecule has 0 radical (unpaired) electrons. The minimum atomic E-state index is -0.429. The Balaban J connectivity index is 2.48. The molecule has 2 N–H and O–H groups in total. The summed E-state index contributed by atoms with van der Waals surface area (Å²) in [5.41, 5.74) is 1.52. The molecule has 0 atom stereocenters. The summed E-state index contributed by atoms with van der Waals surface area (Å²) in [6.45, 7) is 0. The molecular formula is C13H12N2O3S. The van der Waals surface area contributed by atoms with E-state index < -0.39 is 5.97 Å². The number of aromatic amines is 1. The van der Waals surface area contributed by atoms with Crippen LogP contribution in [0.2, 0.25) is 0 Å². The average molecular weight is 276 g/mol. The summed E-state index contributed by atoms with van der Waals surface area (Å²) in [5, 5.41) is 8.24. The average Bonchev–Trinajstić information content (AvgIpc) is 2.87. The van der Waals surface area contributed by atoms with Crippen molar-refractivity contribution in [3.05, 3.63) is 35.5 Å². The predicted octanol–water partition coefficient (Wildman–Crippen LogP) is 2.48. The molecule has 1 heterocycles. The topological polar surface area (TPSA) is 83.0 Å². The maximum Gasteiger partial charge on any atom is 0.337 e. The molecule has 0 saturated heterocycles. The van der Waals surface area contributed by atoms with Gasteiger partial charge in [-0.25, -0.2) is 4.79 Å². The third kappa shape index (κ3) is 2.39. The van der Waals surface area contributed by atoms with Crippen molar-refractivity contribution in [1.29, 1.82) is 5.41 Å². The highest BCUT2D eigenvalue weighted by molar-refractivity contribution is 8.15. The Bertz CT molecular complexity index is 676. The number of aromatic nitrogens is 1. The van der Waals surface area contributed by atoms with Crippen molar-refractivity contribution in [3.8, 4) is 0 Å². The zero-order valence-corrected chi connectivity index (χ0v) is 11.3. The van der Waals surface area contributed by atoms with Crippen LogP contribution >= 0.6 is 11.8 Å². The van der Waals surface area contributed by atoms with E-state index in [1.165, 1.54) is 7.11 Å². The quantitative estimate of drug-likeness (QED) is 0.390. The molecule has 0 aliphatic rings. The van der Waals surface area contributed by atoms with Gasteiger partial charge in [-0.2, -0.15) is 0 Å². The maximum absolute atomic E-state index is 12.0. The number of benzene rings is 1. The number of Topliss-reactive ketones (excluding diaryl/α,β-unsaturated/α-hetero) is 1. The summed E-state index contributed by atoms with van der Waals surface area (Å²) < 4.78 is 4.64.